The maximum atomic E-state index is 9.27. The second kappa shape index (κ2) is 8.43. The maximum absolute atomic E-state index is 9.27. The van der Waals surface area contributed by atoms with Crippen LogP contribution in [0, 0.1) is 19.8 Å². The Morgan fingerprint density at radius 3 is 2.67 bits per heavy atom. The van der Waals surface area contributed by atoms with E-state index in [9.17, 15) is 5.11 Å². The number of nitrogens with zero attached hydrogens (tertiary/aromatic N) is 3. The highest BCUT2D eigenvalue weighted by molar-refractivity contribution is 5.20. The molecular formula is C18H31N3O3. The molecule has 2 saturated heterocycles. The molecule has 0 bridgehead atoms. The highest BCUT2D eigenvalue weighted by atomic mass is 16.5. The fraction of sp³-hybridized carbons (Fsp3) is 0.833. The van der Waals surface area contributed by atoms with Crippen LogP contribution in [0.4, 0.5) is 0 Å². The van der Waals surface area contributed by atoms with Crippen LogP contribution in [-0.4, -0.2) is 72.1 Å². The molecule has 6 nitrogen and oxygen atoms in total. The van der Waals surface area contributed by atoms with Gasteiger partial charge in [0.2, 0.25) is 0 Å². The summed E-state index contributed by atoms with van der Waals surface area (Å²) >= 11 is 0. The molecule has 0 radical (unpaired) electrons. The van der Waals surface area contributed by atoms with Gasteiger partial charge in [-0.25, -0.2) is 0 Å². The van der Waals surface area contributed by atoms with Crippen molar-refractivity contribution in [3.63, 3.8) is 0 Å². The lowest BCUT2D eigenvalue weighted by atomic mass is 9.86. The second-order valence-electron chi connectivity index (χ2n) is 7.17. The van der Waals surface area contributed by atoms with Crippen LogP contribution in [0.1, 0.15) is 36.3 Å². The topological polar surface area (TPSA) is 62.0 Å². The van der Waals surface area contributed by atoms with Crippen molar-refractivity contribution < 1.29 is 14.4 Å². The summed E-state index contributed by atoms with van der Waals surface area (Å²) in [5.74, 6) is 1.55. The van der Waals surface area contributed by atoms with Crippen molar-refractivity contribution in [1.82, 2.24) is 15.0 Å². The maximum Gasteiger partial charge on any atom is 0.138 e. The lowest BCUT2D eigenvalue weighted by Gasteiger charge is -2.45. The largest absolute Gasteiger partial charge is 0.396 e. The zero-order valence-corrected chi connectivity index (χ0v) is 15.0. The first kappa shape index (κ1) is 17.9. The minimum absolute atomic E-state index is 0.288. The van der Waals surface area contributed by atoms with Gasteiger partial charge in [0, 0.05) is 44.4 Å². The third-order valence-corrected chi connectivity index (χ3v) is 5.59. The van der Waals surface area contributed by atoms with E-state index in [2.05, 4.69) is 15.0 Å². The zero-order valence-electron chi connectivity index (χ0n) is 15.0. The molecule has 2 unspecified atom stereocenters. The van der Waals surface area contributed by atoms with Crippen molar-refractivity contribution in [2.75, 3.05) is 46.0 Å². The molecule has 1 aromatic heterocycles. The van der Waals surface area contributed by atoms with Gasteiger partial charge < -0.3 is 14.4 Å². The minimum atomic E-state index is 0.288. The molecule has 24 heavy (non-hydrogen) atoms. The van der Waals surface area contributed by atoms with Crippen LogP contribution >= 0.6 is 0 Å². The van der Waals surface area contributed by atoms with Crippen LogP contribution in [0.5, 0.6) is 0 Å². The number of piperidine rings is 1. The SMILES string of the molecule is Cc1noc(C)c1CN1CCC(N2CCOCC2)C(CCCO)C1. The van der Waals surface area contributed by atoms with Crippen LogP contribution in [-0.2, 0) is 11.3 Å². The molecule has 0 aliphatic carbocycles. The average molecular weight is 337 g/mol. The van der Waals surface area contributed by atoms with Gasteiger partial charge >= 0.3 is 0 Å². The van der Waals surface area contributed by atoms with E-state index in [1.807, 2.05) is 13.8 Å². The molecular weight excluding hydrogens is 306 g/mol. The van der Waals surface area contributed by atoms with E-state index in [-0.39, 0.29) is 6.61 Å². The summed E-state index contributed by atoms with van der Waals surface area (Å²) in [4.78, 5) is 5.14. The smallest absolute Gasteiger partial charge is 0.138 e. The molecule has 1 aromatic rings. The Labute approximate surface area is 144 Å². The van der Waals surface area contributed by atoms with E-state index in [0.29, 0.717) is 12.0 Å². The Kier molecular flexibility index (Phi) is 6.27. The van der Waals surface area contributed by atoms with Crippen molar-refractivity contribution >= 4 is 0 Å². The molecule has 0 amide bonds. The highest BCUT2D eigenvalue weighted by Gasteiger charge is 2.34. The molecule has 6 heteroatoms. The predicted octanol–water partition coefficient (Wildman–Crippen LogP) is 1.59. The summed E-state index contributed by atoms with van der Waals surface area (Å²) in [6, 6.07) is 0.626. The van der Waals surface area contributed by atoms with Gasteiger partial charge in [0.25, 0.3) is 0 Å². The quantitative estimate of drug-likeness (QED) is 0.850. The van der Waals surface area contributed by atoms with Gasteiger partial charge in [0.05, 0.1) is 18.9 Å². The fourth-order valence-corrected chi connectivity index (χ4v) is 4.22. The number of aryl methyl sites for hydroxylation is 2. The summed E-state index contributed by atoms with van der Waals surface area (Å²) in [6.07, 6.45) is 3.18. The number of morpholine rings is 1. The Balaban J connectivity index is 1.64. The summed E-state index contributed by atoms with van der Waals surface area (Å²) in [7, 11) is 0. The average Bonchev–Trinajstić information content (AvgIpc) is 2.93. The first-order valence-corrected chi connectivity index (χ1v) is 9.25. The third kappa shape index (κ3) is 4.17. The van der Waals surface area contributed by atoms with Crippen LogP contribution in [0.3, 0.4) is 0 Å². The number of likely N-dealkylation sites (tertiary alicyclic amines) is 1. The molecule has 2 aliphatic rings. The summed E-state index contributed by atoms with van der Waals surface area (Å²) < 4.78 is 10.8. The molecule has 136 valence electrons. The summed E-state index contributed by atoms with van der Waals surface area (Å²) in [5, 5.41) is 13.4. The second-order valence-corrected chi connectivity index (χ2v) is 7.17. The van der Waals surface area contributed by atoms with Gasteiger partial charge in [-0.1, -0.05) is 5.16 Å². The zero-order chi connectivity index (χ0) is 16.9. The molecule has 3 rings (SSSR count). The number of hydrogen-bond donors (Lipinski definition) is 1. The Hall–Kier alpha value is -0.950. The van der Waals surface area contributed by atoms with Crippen molar-refractivity contribution in [3.05, 3.63) is 17.0 Å². The minimum Gasteiger partial charge on any atom is -0.396 e. The number of aliphatic hydroxyl groups excluding tert-OH is 1. The fourth-order valence-electron chi connectivity index (χ4n) is 4.22. The Morgan fingerprint density at radius 1 is 1.21 bits per heavy atom. The Morgan fingerprint density at radius 2 is 2.00 bits per heavy atom. The van der Waals surface area contributed by atoms with Crippen molar-refractivity contribution in [3.8, 4) is 0 Å². The molecule has 0 saturated carbocycles. The third-order valence-electron chi connectivity index (χ3n) is 5.59. The van der Waals surface area contributed by atoms with Gasteiger partial charge in [-0.3, -0.25) is 9.80 Å². The highest BCUT2D eigenvalue weighted by Crippen LogP contribution is 2.28. The van der Waals surface area contributed by atoms with Crippen LogP contribution in [0.2, 0.25) is 0 Å². The molecule has 2 fully saturated rings. The van der Waals surface area contributed by atoms with Gasteiger partial charge in [-0.15, -0.1) is 0 Å². The van der Waals surface area contributed by atoms with E-state index in [0.717, 1.165) is 70.2 Å². The van der Waals surface area contributed by atoms with Crippen molar-refractivity contribution in [1.29, 1.82) is 0 Å². The van der Waals surface area contributed by atoms with E-state index in [1.54, 1.807) is 0 Å². The Bertz CT molecular complexity index is 494. The van der Waals surface area contributed by atoms with E-state index < -0.39 is 0 Å². The molecule has 0 spiro atoms. The van der Waals surface area contributed by atoms with Crippen LogP contribution in [0.15, 0.2) is 4.52 Å². The van der Waals surface area contributed by atoms with Gasteiger partial charge in [0.15, 0.2) is 0 Å². The first-order valence-electron chi connectivity index (χ1n) is 9.25. The molecule has 1 N–H and O–H groups in total. The normalized spacial score (nSPS) is 26.8. The molecule has 2 aliphatic heterocycles. The number of hydrogen-bond acceptors (Lipinski definition) is 6. The number of aliphatic hydroxyl groups is 1. The number of aromatic nitrogens is 1. The first-order chi connectivity index (χ1) is 11.7. The van der Waals surface area contributed by atoms with Gasteiger partial charge in [0.1, 0.15) is 5.76 Å². The van der Waals surface area contributed by atoms with Crippen LogP contribution in [0.25, 0.3) is 0 Å². The van der Waals surface area contributed by atoms with Crippen molar-refractivity contribution in [2.24, 2.45) is 5.92 Å². The van der Waals surface area contributed by atoms with E-state index in [1.165, 1.54) is 12.0 Å². The molecule has 2 atom stereocenters. The number of ether oxygens (including phenoxy) is 1. The molecule has 0 aromatic carbocycles. The molecule has 3 heterocycles. The monoisotopic (exact) mass is 337 g/mol. The number of rotatable bonds is 6. The summed E-state index contributed by atoms with van der Waals surface area (Å²) in [6.45, 7) is 11.2. The van der Waals surface area contributed by atoms with Crippen molar-refractivity contribution in [2.45, 2.75) is 45.7 Å². The lowest BCUT2D eigenvalue weighted by Crippen LogP contribution is -2.53. The van der Waals surface area contributed by atoms with Gasteiger partial charge in [-0.05, 0) is 45.6 Å². The summed E-state index contributed by atoms with van der Waals surface area (Å²) in [5.41, 5.74) is 2.25. The lowest BCUT2D eigenvalue weighted by molar-refractivity contribution is -0.0232. The van der Waals surface area contributed by atoms with E-state index in [4.69, 9.17) is 9.26 Å². The van der Waals surface area contributed by atoms with Crippen LogP contribution < -0.4 is 0 Å². The predicted molar refractivity (Wildman–Crippen MR) is 91.9 cm³/mol. The van der Waals surface area contributed by atoms with Gasteiger partial charge in [-0.2, -0.15) is 0 Å². The van der Waals surface area contributed by atoms with E-state index >= 15 is 0 Å². The standard InChI is InChI=1S/C18H31N3O3/c1-14-17(15(2)24-19-14)13-20-6-5-18(16(12-20)4-3-9-22)21-7-10-23-11-8-21/h16,18,22H,3-13H2,1-2H3.